The monoisotopic (exact) mass is 729 g/mol. The van der Waals surface area contributed by atoms with Crippen LogP contribution in [-0.2, 0) is 25.5 Å². The molecule has 49 heavy (non-hydrogen) atoms. The van der Waals surface area contributed by atoms with Crippen LogP contribution in [0.1, 0.15) is 24.2 Å². The third kappa shape index (κ3) is 9.93. The van der Waals surface area contributed by atoms with Crippen LogP contribution < -0.4 is 24.3 Å². The minimum atomic E-state index is -2.55. The summed E-state index contributed by atoms with van der Waals surface area (Å²) in [5, 5.41) is 15.5. The zero-order valence-electron chi connectivity index (χ0n) is 26.4. The number of benzene rings is 4. The van der Waals surface area contributed by atoms with Gasteiger partial charge in [0.15, 0.2) is 11.5 Å². The molecule has 5 rings (SSSR count). The van der Waals surface area contributed by atoms with Crippen molar-refractivity contribution in [3.8, 4) is 23.0 Å². The van der Waals surface area contributed by atoms with Crippen LogP contribution in [0.25, 0.3) is 0 Å². The smallest absolute Gasteiger partial charge is 0.453 e. The fraction of sp³-hybridized carbons (Fsp3) is 0.278. The van der Waals surface area contributed by atoms with Gasteiger partial charge in [0.1, 0.15) is 37.9 Å². The topological polar surface area (TPSA) is 122 Å². The van der Waals surface area contributed by atoms with Gasteiger partial charge < -0.3 is 38.8 Å². The lowest BCUT2D eigenvalue weighted by Crippen LogP contribution is -2.56. The van der Waals surface area contributed by atoms with Crippen molar-refractivity contribution in [3.05, 3.63) is 117 Å². The van der Waals surface area contributed by atoms with Gasteiger partial charge in [-0.3, -0.25) is 0 Å². The second-order valence-electron chi connectivity index (χ2n) is 11.1. The summed E-state index contributed by atoms with van der Waals surface area (Å²) >= 11 is 17.9. The molecule has 0 bridgehead atoms. The molecule has 0 saturated carbocycles. The van der Waals surface area contributed by atoms with Crippen molar-refractivity contribution < 1.29 is 43.1 Å². The molecule has 1 aliphatic rings. The van der Waals surface area contributed by atoms with Gasteiger partial charge in [0, 0.05) is 27.7 Å². The Labute approximate surface area is 298 Å². The quantitative estimate of drug-likeness (QED) is 0.0740. The lowest BCUT2D eigenvalue weighted by atomic mass is 10.1. The Morgan fingerprint density at radius 2 is 1.31 bits per heavy atom. The summed E-state index contributed by atoms with van der Waals surface area (Å²) in [5.74, 6) is -3.42. The SMILES string of the molecule is C[C@H](Cc1ccc2c(c1)OC(C(=O)OCCOc1ccc(Cl)cc1)(C(=O)OCCOc1ccc(Cl)cc1)O2)NC[C@H](O)c1cccc(Cl)c1. The third-order valence-electron chi connectivity index (χ3n) is 7.29. The Balaban J connectivity index is 1.21. The number of halogens is 3. The van der Waals surface area contributed by atoms with Crippen molar-refractivity contribution in [2.75, 3.05) is 33.0 Å². The molecule has 10 nitrogen and oxygen atoms in total. The highest BCUT2D eigenvalue weighted by molar-refractivity contribution is 6.31. The molecule has 2 atom stereocenters. The Morgan fingerprint density at radius 1 is 0.735 bits per heavy atom. The number of hydrogen-bond donors (Lipinski definition) is 2. The predicted octanol–water partition coefficient (Wildman–Crippen LogP) is 6.61. The van der Waals surface area contributed by atoms with Gasteiger partial charge in [-0.1, -0.05) is 53.0 Å². The van der Waals surface area contributed by atoms with Crippen LogP contribution in [0, 0.1) is 0 Å². The highest BCUT2D eigenvalue weighted by Crippen LogP contribution is 2.41. The van der Waals surface area contributed by atoms with Crippen LogP contribution in [0.2, 0.25) is 15.1 Å². The van der Waals surface area contributed by atoms with Crippen LogP contribution in [-0.4, -0.2) is 61.8 Å². The minimum Gasteiger partial charge on any atom is -0.490 e. The van der Waals surface area contributed by atoms with Crippen LogP contribution in [0.15, 0.2) is 91.0 Å². The zero-order chi connectivity index (χ0) is 34.8. The van der Waals surface area contributed by atoms with E-state index >= 15 is 0 Å². The number of nitrogens with one attached hydrogen (secondary N) is 1. The van der Waals surface area contributed by atoms with Crippen molar-refractivity contribution in [3.63, 3.8) is 0 Å². The number of carbonyl (C=O) groups is 2. The molecule has 1 heterocycles. The predicted molar refractivity (Wildman–Crippen MR) is 184 cm³/mol. The molecule has 1 aliphatic heterocycles. The molecule has 4 aromatic carbocycles. The van der Waals surface area contributed by atoms with E-state index in [2.05, 4.69) is 5.32 Å². The molecule has 0 aromatic heterocycles. The van der Waals surface area contributed by atoms with Crippen molar-refractivity contribution >= 4 is 46.7 Å². The van der Waals surface area contributed by atoms with Crippen molar-refractivity contribution in [1.82, 2.24) is 5.32 Å². The summed E-state index contributed by atoms with van der Waals surface area (Å²) in [7, 11) is 0. The molecule has 0 fully saturated rings. The van der Waals surface area contributed by atoms with E-state index in [9.17, 15) is 14.7 Å². The summed E-state index contributed by atoms with van der Waals surface area (Å²) in [4.78, 5) is 26.9. The number of hydrogen-bond acceptors (Lipinski definition) is 10. The van der Waals surface area contributed by atoms with Crippen LogP contribution in [0.4, 0.5) is 0 Å². The first-order chi connectivity index (χ1) is 23.6. The summed E-state index contributed by atoms with van der Waals surface area (Å²) in [5.41, 5.74) is 1.53. The molecule has 13 heteroatoms. The largest absolute Gasteiger partial charge is 0.490 e. The lowest BCUT2D eigenvalue weighted by molar-refractivity contribution is -0.203. The Hall–Kier alpha value is -4.19. The average Bonchev–Trinajstić information content (AvgIpc) is 3.49. The fourth-order valence-electron chi connectivity index (χ4n) is 4.83. The van der Waals surface area contributed by atoms with Crippen molar-refractivity contribution in [2.24, 2.45) is 0 Å². The maximum absolute atomic E-state index is 13.4. The Bertz CT molecular complexity index is 1650. The number of esters is 2. The summed E-state index contributed by atoms with van der Waals surface area (Å²) in [6, 6.07) is 25.4. The van der Waals surface area contributed by atoms with E-state index in [1.54, 1.807) is 84.9 Å². The molecule has 0 amide bonds. The van der Waals surface area contributed by atoms with Gasteiger partial charge in [0.2, 0.25) is 0 Å². The first-order valence-electron chi connectivity index (χ1n) is 15.4. The molecule has 2 N–H and O–H groups in total. The molecular formula is C36H34Cl3NO9. The Kier molecular flexibility index (Phi) is 12.5. The maximum atomic E-state index is 13.4. The highest BCUT2D eigenvalue weighted by atomic mass is 35.5. The number of carbonyl (C=O) groups excluding carboxylic acids is 2. The van der Waals surface area contributed by atoms with Crippen molar-refractivity contribution in [1.29, 1.82) is 0 Å². The van der Waals surface area contributed by atoms with E-state index in [-0.39, 0.29) is 44.0 Å². The molecule has 0 unspecified atom stereocenters. The van der Waals surface area contributed by atoms with E-state index in [4.69, 9.17) is 63.2 Å². The van der Waals surface area contributed by atoms with Crippen LogP contribution in [0.3, 0.4) is 0 Å². The Morgan fingerprint density at radius 3 is 1.88 bits per heavy atom. The third-order valence-corrected chi connectivity index (χ3v) is 8.02. The molecular weight excluding hydrogens is 697 g/mol. The van der Waals surface area contributed by atoms with Gasteiger partial charge >= 0.3 is 17.7 Å². The first-order valence-corrected chi connectivity index (χ1v) is 16.5. The number of aliphatic hydroxyl groups is 1. The second kappa shape index (κ2) is 17.0. The summed E-state index contributed by atoms with van der Waals surface area (Å²) in [6.45, 7) is 1.81. The highest BCUT2D eigenvalue weighted by Gasteiger charge is 2.60. The van der Waals surface area contributed by atoms with Gasteiger partial charge in [0.05, 0.1) is 6.10 Å². The maximum Gasteiger partial charge on any atom is 0.453 e. The van der Waals surface area contributed by atoms with Crippen molar-refractivity contribution in [2.45, 2.75) is 31.3 Å². The average molecular weight is 731 g/mol. The number of aliphatic hydroxyl groups excluding tert-OH is 1. The van der Waals surface area contributed by atoms with E-state index in [0.29, 0.717) is 45.1 Å². The second-order valence-corrected chi connectivity index (χ2v) is 12.4. The molecule has 0 saturated heterocycles. The van der Waals surface area contributed by atoms with Gasteiger partial charge in [-0.25, -0.2) is 9.59 Å². The summed E-state index contributed by atoms with van der Waals surface area (Å²) < 4.78 is 33.7. The number of ether oxygens (including phenoxy) is 6. The fourth-order valence-corrected chi connectivity index (χ4v) is 5.28. The van der Waals surface area contributed by atoms with E-state index in [0.717, 1.165) is 5.56 Å². The molecule has 0 radical (unpaired) electrons. The van der Waals surface area contributed by atoms with Gasteiger partial charge in [-0.15, -0.1) is 0 Å². The summed E-state index contributed by atoms with van der Waals surface area (Å²) in [6.07, 6.45) is -0.214. The molecule has 0 spiro atoms. The molecule has 0 aliphatic carbocycles. The molecule has 258 valence electrons. The zero-order valence-corrected chi connectivity index (χ0v) is 28.7. The van der Waals surface area contributed by atoms with Gasteiger partial charge in [-0.2, -0.15) is 0 Å². The standard InChI is InChI=1S/C36H34Cl3NO9/c1-23(40-22-31(41)25-3-2-4-28(39)21-25)19-24-5-14-32-33(20-24)49-36(48-32,34(42)46-17-15-44-29-10-6-26(37)7-11-29)35(43)47-18-16-45-30-12-8-27(38)9-13-30/h2-14,20-21,23,31,40-41H,15-19,22H2,1H3/t23-,31+/m1/s1. The minimum absolute atomic E-state index is 0.0125. The van der Waals surface area contributed by atoms with Gasteiger partial charge in [-0.05, 0) is 97.3 Å². The van der Waals surface area contributed by atoms with Gasteiger partial charge in [0.25, 0.3) is 0 Å². The molecule has 4 aromatic rings. The van der Waals surface area contributed by atoms with E-state index in [1.165, 1.54) is 0 Å². The number of rotatable bonds is 16. The van der Waals surface area contributed by atoms with E-state index < -0.39 is 23.8 Å². The number of fused-ring (bicyclic) bond motifs is 1. The first kappa shape index (κ1) is 36.1. The van der Waals surface area contributed by atoms with E-state index in [1.807, 2.05) is 13.0 Å². The van der Waals surface area contributed by atoms with Crippen LogP contribution in [0.5, 0.6) is 23.0 Å². The van der Waals surface area contributed by atoms with Crippen LogP contribution >= 0.6 is 34.8 Å². The lowest BCUT2D eigenvalue weighted by Gasteiger charge is -2.23. The normalized spacial score (nSPS) is 14.1.